The zero-order valence-electron chi connectivity index (χ0n) is 17.6. The minimum Gasteiger partial charge on any atom is -0.486 e. The maximum atomic E-state index is 13.6. The molecule has 1 aliphatic carbocycles. The predicted molar refractivity (Wildman–Crippen MR) is 116 cm³/mol. The number of fused-ring (bicyclic) bond motifs is 3. The maximum absolute atomic E-state index is 13.6. The van der Waals surface area contributed by atoms with Crippen molar-refractivity contribution in [3.63, 3.8) is 0 Å². The van der Waals surface area contributed by atoms with E-state index in [1.807, 2.05) is 13.0 Å². The van der Waals surface area contributed by atoms with E-state index in [0.717, 1.165) is 37.0 Å². The van der Waals surface area contributed by atoms with Crippen LogP contribution in [0.15, 0.2) is 36.4 Å². The Bertz CT molecular complexity index is 1160. The van der Waals surface area contributed by atoms with Crippen LogP contribution in [0, 0.1) is 11.3 Å². The average Bonchev–Trinajstić information content (AvgIpc) is 3.24. The maximum Gasteiger partial charge on any atom is 0.218 e. The third-order valence-corrected chi connectivity index (χ3v) is 8.81. The fourth-order valence-electron chi connectivity index (χ4n) is 5.43. The summed E-state index contributed by atoms with van der Waals surface area (Å²) in [7, 11) is -3.59. The van der Waals surface area contributed by atoms with E-state index in [-0.39, 0.29) is 17.2 Å². The number of rotatable bonds is 3. The van der Waals surface area contributed by atoms with Gasteiger partial charge in [-0.15, -0.1) is 0 Å². The number of hydrogen-bond acceptors (Lipinski definition) is 5. The first kappa shape index (κ1) is 20.3. The van der Waals surface area contributed by atoms with Gasteiger partial charge in [0.25, 0.3) is 0 Å². The SMILES string of the molecule is CC1c2cc3c(cc2C2(CCCC2)CN1S(=O)(=O)Cc1cccc(C#N)c1)OCCO3. The van der Waals surface area contributed by atoms with Gasteiger partial charge in [0, 0.05) is 18.0 Å². The van der Waals surface area contributed by atoms with Crippen LogP contribution in [0.5, 0.6) is 11.5 Å². The molecule has 1 unspecified atom stereocenters. The summed E-state index contributed by atoms with van der Waals surface area (Å²) >= 11 is 0. The van der Waals surface area contributed by atoms with Gasteiger partial charge in [0.15, 0.2) is 11.5 Å². The molecule has 2 aromatic rings. The smallest absolute Gasteiger partial charge is 0.218 e. The van der Waals surface area contributed by atoms with Crippen LogP contribution in [0.3, 0.4) is 0 Å². The molecule has 0 aromatic heterocycles. The van der Waals surface area contributed by atoms with Gasteiger partial charge in [-0.2, -0.15) is 9.57 Å². The third kappa shape index (κ3) is 3.48. The van der Waals surface area contributed by atoms with Gasteiger partial charge < -0.3 is 9.47 Å². The molecule has 7 heteroatoms. The Morgan fingerprint density at radius 2 is 1.84 bits per heavy atom. The van der Waals surface area contributed by atoms with Crippen molar-refractivity contribution >= 4 is 10.0 Å². The van der Waals surface area contributed by atoms with E-state index in [1.165, 1.54) is 5.56 Å². The summed E-state index contributed by atoms with van der Waals surface area (Å²) in [5.41, 5.74) is 3.17. The van der Waals surface area contributed by atoms with Gasteiger partial charge in [-0.05, 0) is 60.7 Å². The lowest BCUT2D eigenvalue weighted by Crippen LogP contribution is -2.49. The summed E-state index contributed by atoms with van der Waals surface area (Å²) in [5, 5.41) is 9.16. The molecule has 2 aliphatic heterocycles. The highest BCUT2D eigenvalue weighted by atomic mass is 32.2. The molecule has 5 rings (SSSR count). The van der Waals surface area contributed by atoms with E-state index in [2.05, 4.69) is 12.1 Å². The molecule has 6 nitrogen and oxygen atoms in total. The first-order chi connectivity index (χ1) is 14.9. The summed E-state index contributed by atoms with van der Waals surface area (Å²) in [6.45, 7) is 3.49. The zero-order valence-corrected chi connectivity index (χ0v) is 18.5. The van der Waals surface area contributed by atoms with E-state index in [1.54, 1.807) is 28.6 Å². The van der Waals surface area contributed by atoms with Crippen molar-refractivity contribution in [2.75, 3.05) is 19.8 Å². The second-order valence-corrected chi connectivity index (χ2v) is 10.8. The summed E-state index contributed by atoms with van der Waals surface area (Å²) in [4.78, 5) is 0. The highest BCUT2D eigenvalue weighted by Crippen LogP contribution is 2.52. The molecule has 31 heavy (non-hydrogen) atoms. The van der Waals surface area contributed by atoms with E-state index >= 15 is 0 Å². The first-order valence-corrected chi connectivity index (χ1v) is 12.5. The van der Waals surface area contributed by atoms with Crippen LogP contribution < -0.4 is 9.47 Å². The van der Waals surface area contributed by atoms with Crippen molar-refractivity contribution in [3.8, 4) is 17.6 Å². The number of sulfonamides is 1. The monoisotopic (exact) mass is 438 g/mol. The van der Waals surface area contributed by atoms with E-state index in [0.29, 0.717) is 36.6 Å². The predicted octanol–water partition coefficient (Wildman–Crippen LogP) is 4.05. The lowest BCUT2D eigenvalue weighted by molar-refractivity contribution is 0.168. The topological polar surface area (TPSA) is 79.6 Å². The second kappa shape index (κ2) is 7.54. The van der Waals surface area contributed by atoms with Gasteiger partial charge in [0.05, 0.1) is 17.4 Å². The van der Waals surface area contributed by atoms with Gasteiger partial charge in [-0.1, -0.05) is 25.0 Å². The molecule has 1 fully saturated rings. The van der Waals surface area contributed by atoms with Crippen LogP contribution in [0.1, 0.15) is 60.9 Å². The Morgan fingerprint density at radius 3 is 2.55 bits per heavy atom. The van der Waals surface area contributed by atoms with Crippen LogP contribution in [-0.4, -0.2) is 32.5 Å². The Balaban J connectivity index is 1.56. The first-order valence-electron chi connectivity index (χ1n) is 10.8. The molecule has 1 spiro atoms. The summed E-state index contributed by atoms with van der Waals surface area (Å²) in [6.07, 6.45) is 4.14. The third-order valence-electron chi connectivity index (χ3n) is 6.95. The molecular formula is C24H26N2O4S. The van der Waals surface area contributed by atoms with E-state index in [9.17, 15) is 8.42 Å². The van der Waals surface area contributed by atoms with Crippen LogP contribution >= 0.6 is 0 Å². The molecule has 0 saturated heterocycles. The Morgan fingerprint density at radius 1 is 1.13 bits per heavy atom. The van der Waals surface area contributed by atoms with Crippen molar-refractivity contribution < 1.29 is 17.9 Å². The fraction of sp³-hybridized carbons (Fsp3) is 0.458. The minimum atomic E-state index is -3.59. The van der Waals surface area contributed by atoms with E-state index in [4.69, 9.17) is 14.7 Å². The molecule has 2 heterocycles. The molecule has 0 N–H and O–H groups in total. The van der Waals surface area contributed by atoms with Crippen LogP contribution in [0.25, 0.3) is 0 Å². The Hall–Kier alpha value is -2.56. The van der Waals surface area contributed by atoms with Crippen molar-refractivity contribution in [2.24, 2.45) is 0 Å². The molecule has 0 bridgehead atoms. The number of hydrogen-bond donors (Lipinski definition) is 0. The zero-order chi connectivity index (χ0) is 21.6. The number of ether oxygens (including phenoxy) is 2. The van der Waals surface area contributed by atoms with E-state index < -0.39 is 10.0 Å². The highest BCUT2D eigenvalue weighted by Gasteiger charge is 2.48. The van der Waals surface area contributed by atoms with Gasteiger partial charge >= 0.3 is 0 Å². The normalized spacial score (nSPS) is 22.1. The number of nitriles is 1. The largest absolute Gasteiger partial charge is 0.486 e. The Labute approximate surface area is 183 Å². The number of benzene rings is 2. The van der Waals surface area contributed by atoms with Gasteiger partial charge in [-0.25, -0.2) is 8.42 Å². The fourth-order valence-corrected chi connectivity index (χ4v) is 7.23. The van der Waals surface area contributed by atoms with Gasteiger partial charge in [0.2, 0.25) is 10.0 Å². The highest BCUT2D eigenvalue weighted by molar-refractivity contribution is 7.88. The molecule has 1 atom stereocenters. The quantitative estimate of drug-likeness (QED) is 0.722. The molecular weight excluding hydrogens is 412 g/mol. The summed E-state index contributed by atoms with van der Waals surface area (Å²) in [5.74, 6) is 1.36. The molecule has 0 amide bonds. The van der Waals surface area contributed by atoms with Crippen molar-refractivity contribution in [1.82, 2.24) is 4.31 Å². The number of nitrogens with zero attached hydrogens (tertiary/aromatic N) is 2. The lowest BCUT2D eigenvalue weighted by Gasteiger charge is -2.45. The van der Waals surface area contributed by atoms with Crippen LogP contribution in [0.4, 0.5) is 0 Å². The van der Waals surface area contributed by atoms with Crippen LogP contribution in [0.2, 0.25) is 0 Å². The van der Waals surface area contributed by atoms with Crippen molar-refractivity contribution in [1.29, 1.82) is 5.26 Å². The van der Waals surface area contributed by atoms with Crippen molar-refractivity contribution in [3.05, 3.63) is 58.7 Å². The molecule has 3 aliphatic rings. The average molecular weight is 439 g/mol. The minimum absolute atomic E-state index is 0.108. The molecule has 162 valence electrons. The summed E-state index contributed by atoms with van der Waals surface area (Å²) < 4.78 is 40.5. The van der Waals surface area contributed by atoms with Gasteiger partial charge in [0.1, 0.15) is 13.2 Å². The summed E-state index contributed by atoms with van der Waals surface area (Å²) in [6, 6.07) is 12.8. The van der Waals surface area contributed by atoms with Crippen molar-refractivity contribution in [2.45, 2.75) is 49.8 Å². The Kier molecular flexibility index (Phi) is 4.95. The lowest BCUT2D eigenvalue weighted by atomic mass is 9.72. The standard InChI is InChI=1S/C24H26N2O4S/c1-17-20-12-22-23(30-10-9-29-22)13-21(20)24(7-2-3-8-24)16-26(17)31(27,28)15-19-6-4-5-18(11-19)14-25/h4-6,11-13,17H,2-3,7-10,15-16H2,1H3. The van der Waals surface area contributed by atoms with Crippen LogP contribution in [-0.2, 0) is 21.2 Å². The molecule has 2 aromatic carbocycles. The van der Waals surface area contributed by atoms with Gasteiger partial charge in [-0.3, -0.25) is 0 Å². The molecule has 1 saturated carbocycles. The second-order valence-electron chi connectivity index (χ2n) is 8.86. The molecule has 0 radical (unpaired) electrons.